The normalized spacial score (nSPS) is 10.9. The van der Waals surface area contributed by atoms with Gasteiger partial charge in [-0.3, -0.25) is 4.98 Å². The van der Waals surface area contributed by atoms with Gasteiger partial charge in [0.2, 0.25) is 0 Å². The average molecular weight is 314 g/mol. The largest absolute Gasteiger partial charge is 0.363 e. The van der Waals surface area contributed by atoms with Gasteiger partial charge in [-0.2, -0.15) is 0 Å². The van der Waals surface area contributed by atoms with Crippen molar-refractivity contribution in [2.24, 2.45) is 0 Å². The van der Waals surface area contributed by atoms with Crippen molar-refractivity contribution in [2.75, 3.05) is 19.0 Å². The Bertz CT molecular complexity index is 934. The highest BCUT2D eigenvalue weighted by Gasteiger charge is 2.05. The van der Waals surface area contributed by atoms with Crippen molar-refractivity contribution in [2.45, 2.75) is 0 Å². The molecule has 4 nitrogen and oxygen atoms in total. The summed E-state index contributed by atoms with van der Waals surface area (Å²) in [5, 5.41) is 1.17. The molecule has 3 heterocycles. The van der Waals surface area contributed by atoms with E-state index in [0.717, 1.165) is 33.7 Å². The lowest BCUT2D eigenvalue weighted by atomic mass is 10.0. The molecule has 0 unspecified atom stereocenters. The number of pyridine rings is 2. The first-order valence-corrected chi connectivity index (χ1v) is 7.87. The molecule has 0 fully saturated rings. The SMILES string of the molecule is CN(C)c1ccc(-c2ccc(-c3cc4ccncc4[nH]3)cc2)cn1. The van der Waals surface area contributed by atoms with Crippen molar-refractivity contribution < 1.29 is 0 Å². The fourth-order valence-corrected chi connectivity index (χ4v) is 2.79. The maximum atomic E-state index is 4.48. The van der Waals surface area contributed by atoms with Gasteiger partial charge >= 0.3 is 0 Å². The molecule has 0 aliphatic rings. The molecule has 118 valence electrons. The first-order chi connectivity index (χ1) is 11.7. The van der Waals surface area contributed by atoms with Gasteiger partial charge in [-0.05, 0) is 35.4 Å². The van der Waals surface area contributed by atoms with Gasteiger partial charge in [0, 0.05) is 43.1 Å². The zero-order valence-electron chi connectivity index (χ0n) is 13.7. The van der Waals surface area contributed by atoms with Crippen molar-refractivity contribution in [1.29, 1.82) is 0 Å². The van der Waals surface area contributed by atoms with Gasteiger partial charge in [0.1, 0.15) is 5.82 Å². The van der Waals surface area contributed by atoms with E-state index in [9.17, 15) is 0 Å². The van der Waals surface area contributed by atoms with Crippen molar-refractivity contribution in [1.82, 2.24) is 15.0 Å². The molecule has 0 radical (unpaired) electrons. The third-order valence-corrected chi connectivity index (χ3v) is 4.16. The minimum absolute atomic E-state index is 0.960. The van der Waals surface area contributed by atoms with Crippen LogP contribution < -0.4 is 4.90 Å². The number of rotatable bonds is 3. The second-order valence-corrected chi connectivity index (χ2v) is 6.02. The maximum Gasteiger partial charge on any atom is 0.127 e. The summed E-state index contributed by atoms with van der Waals surface area (Å²) in [6, 6.07) is 16.8. The van der Waals surface area contributed by atoms with Gasteiger partial charge in [0.25, 0.3) is 0 Å². The molecule has 1 N–H and O–H groups in total. The van der Waals surface area contributed by atoms with Gasteiger partial charge in [0.15, 0.2) is 0 Å². The highest BCUT2D eigenvalue weighted by Crippen LogP contribution is 2.27. The number of anilines is 1. The minimum Gasteiger partial charge on any atom is -0.363 e. The summed E-state index contributed by atoms with van der Waals surface area (Å²) in [5.41, 5.74) is 5.60. The van der Waals surface area contributed by atoms with Crippen molar-refractivity contribution >= 4 is 16.7 Å². The number of hydrogen-bond acceptors (Lipinski definition) is 3. The molecule has 1 aromatic carbocycles. The van der Waals surface area contributed by atoms with Gasteiger partial charge in [-0.15, -0.1) is 0 Å². The number of H-pyrrole nitrogens is 1. The maximum absolute atomic E-state index is 4.48. The van der Waals surface area contributed by atoms with Crippen LogP contribution >= 0.6 is 0 Å². The molecule has 4 heteroatoms. The molecule has 4 rings (SSSR count). The standard InChI is InChI=1S/C20H18N4/c1-24(2)20-8-7-17(12-22-20)14-3-5-15(6-4-14)18-11-16-9-10-21-13-19(16)23-18/h3-13,23H,1-2H3. The summed E-state index contributed by atoms with van der Waals surface area (Å²) in [6.07, 6.45) is 5.58. The Hall–Kier alpha value is -3.14. The molecule has 0 saturated heterocycles. The highest BCUT2D eigenvalue weighted by molar-refractivity contribution is 5.85. The molecule has 0 bridgehead atoms. The molecular formula is C20H18N4. The average Bonchev–Trinajstić information content (AvgIpc) is 3.06. The Morgan fingerprint density at radius 1 is 0.833 bits per heavy atom. The predicted octanol–water partition coefficient (Wildman–Crippen LogP) is 4.36. The molecule has 24 heavy (non-hydrogen) atoms. The predicted molar refractivity (Wildman–Crippen MR) is 99.1 cm³/mol. The van der Waals surface area contributed by atoms with Crippen molar-refractivity contribution in [3.05, 3.63) is 67.1 Å². The molecule has 0 spiro atoms. The summed E-state index contributed by atoms with van der Waals surface area (Å²) >= 11 is 0. The van der Waals surface area contributed by atoms with Crippen LogP contribution in [0.1, 0.15) is 0 Å². The van der Waals surface area contributed by atoms with Crippen LogP contribution in [0.4, 0.5) is 5.82 Å². The van der Waals surface area contributed by atoms with Crippen LogP contribution in [-0.4, -0.2) is 29.0 Å². The van der Waals surface area contributed by atoms with E-state index in [1.165, 1.54) is 5.39 Å². The molecule has 0 aliphatic heterocycles. The summed E-state index contributed by atoms with van der Waals surface area (Å²) in [6.45, 7) is 0. The number of fused-ring (bicyclic) bond motifs is 1. The highest BCUT2D eigenvalue weighted by atomic mass is 15.1. The zero-order chi connectivity index (χ0) is 16.5. The molecule has 0 aliphatic carbocycles. The van der Waals surface area contributed by atoms with E-state index in [4.69, 9.17) is 0 Å². The fourth-order valence-electron chi connectivity index (χ4n) is 2.79. The van der Waals surface area contributed by atoms with Crippen LogP contribution in [0.5, 0.6) is 0 Å². The molecular weight excluding hydrogens is 296 g/mol. The zero-order valence-corrected chi connectivity index (χ0v) is 13.7. The lowest BCUT2D eigenvalue weighted by Crippen LogP contribution is -2.09. The third kappa shape index (κ3) is 2.63. The van der Waals surface area contributed by atoms with Gasteiger partial charge in [0.05, 0.1) is 11.7 Å². The second-order valence-electron chi connectivity index (χ2n) is 6.02. The number of benzene rings is 1. The van der Waals surface area contributed by atoms with Crippen LogP contribution in [0, 0.1) is 0 Å². The lowest BCUT2D eigenvalue weighted by molar-refractivity contribution is 1.07. The lowest BCUT2D eigenvalue weighted by Gasteiger charge is -2.11. The molecule has 4 aromatic rings. The molecule has 0 saturated carbocycles. The molecule has 0 amide bonds. The Kier molecular flexibility index (Phi) is 3.50. The van der Waals surface area contributed by atoms with E-state index in [-0.39, 0.29) is 0 Å². The number of nitrogens with zero attached hydrogens (tertiary/aromatic N) is 3. The number of aromatic nitrogens is 3. The van der Waals surface area contributed by atoms with Crippen LogP contribution in [-0.2, 0) is 0 Å². The van der Waals surface area contributed by atoms with Gasteiger partial charge < -0.3 is 9.88 Å². The number of aromatic amines is 1. The van der Waals surface area contributed by atoms with Gasteiger partial charge in [-0.1, -0.05) is 24.3 Å². The second kappa shape index (κ2) is 5.81. The van der Waals surface area contributed by atoms with Crippen molar-refractivity contribution in [3.63, 3.8) is 0 Å². The summed E-state index contributed by atoms with van der Waals surface area (Å²) < 4.78 is 0. The Labute approximate surface area is 140 Å². The smallest absolute Gasteiger partial charge is 0.127 e. The number of hydrogen-bond donors (Lipinski definition) is 1. The Balaban J connectivity index is 1.64. The number of nitrogens with one attached hydrogen (secondary N) is 1. The first kappa shape index (κ1) is 14.5. The van der Waals surface area contributed by atoms with Crippen LogP contribution in [0.3, 0.4) is 0 Å². The van der Waals surface area contributed by atoms with E-state index in [0.29, 0.717) is 0 Å². The fraction of sp³-hybridized carbons (Fsp3) is 0.100. The molecule has 0 atom stereocenters. The molecule has 3 aromatic heterocycles. The summed E-state index contributed by atoms with van der Waals surface area (Å²) in [7, 11) is 3.99. The summed E-state index contributed by atoms with van der Waals surface area (Å²) in [5.74, 6) is 0.960. The third-order valence-electron chi connectivity index (χ3n) is 4.16. The quantitative estimate of drug-likeness (QED) is 0.611. The van der Waals surface area contributed by atoms with Crippen LogP contribution in [0.15, 0.2) is 67.1 Å². The Morgan fingerprint density at radius 2 is 1.58 bits per heavy atom. The van der Waals surface area contributed by atoms with E-state index in [1.54, 1.807) is 0 Å². The van der Waals surface area contributed by atoms with Crippen molar-refractivity contribution in [3.8, 4) is 22.4 Å². The first-order valence-electron chi connectivity index (χ1n) is 7.87. The topological polar surface area (TPSA) is 44.8 Å². The van der Waals surface area contributed by atoms with Gasteiger partial charge in [-0.25, -0.2) is 4.98 Å². The monoisotopic (exact) mass is 314 g/mol. The van der Waals surface area contributed by atoms with E-state index < -0.39 is 0 Å². The van der Waals surface area contributed by atoms with Crippen LogP contribution in [0.25, 0.3) is 33.3 Å². The minimum atomic E-state index is 0.960. The van der Waals surface area contributed by atoms with E-state index >= 15 is 0 Å². The van der Waals surface area contributed by atoms with Crippen LogP contribution in [0.2, 0.25) is 0 Å². The summed E-state index contributed by atoms with van der Waals surface area (Å²) in [4.78, 5) is 14.0. The Morgan fingerprint density at radius 3 is 2.25 bits per heavy atom. The van der Waals surface area contributed by atoms with E-state index in [1.807, 2.05) is 49.7 Å². The van der Waals surface area contributed by atoms with E-state index in [2.05, 4.69) is 51.4 Å².